The predicted molar refractivity (Wildman–Crippen MR) is 78.9 cm³/mol. The number of hydrogen-bond acceptors (Lipinski definition) is 4. The van der Waals surface area contributed by atoms with Crippen molar-refractivity contribution in [2.45, 2.75) is 25.1 Å². The second kappa shape index (κ2) is 4.27. The highest BCUT2D eigenvalue weighted by molar-refractivity contribution is 5.69. The fourth-order valence-electron chi connectivity index (χ4n) is 3.94. The van der Waals surface area contributed by atoms with Gasteiger partial charge in [-0.3, -0.25) is 0 Å². The van der Waals surface area contributed by atoms with Gasteiger partial charge in [-0.15, -0.1) is 10.2 Å². The van der Waals surface area contributed by atoms with Crippen molar-refractivity contribution in [2.24, 2.45) is 5.92 Å². The zero-order valence-electron chi connectivity index (χ0n) is 11.9. The van der Waals surface area contributed by atoms with Crippen LogP contribution in [-0.2, 0) is 6.54 Å². The summed E-state index contributed by atoms with van der Waals surface area (Å²) in [7, 11) is 0. The molecule has 110 valence electrons. The van der Waals surface area contributed by atoms with E-state index in [1.165, 1.54) is 11.1 Å². The topological polar surface area (TPSA) is 68.8 Å². The molecule has 5 rings (SSSR count). The highest BCUT2D eigenvalue weighted by Crippen LogP contribution is 2.48. The monoisotopic (exact) mass is 293 g/mol. The number of imidazole rings is 1. The molecule has 0 spiro atoms. The molecule has 2 aliphatic rings. The summed E-state index contributed by atoms with van der Waals surface area (Å²) in [6.45, 7) is 0.840. The van der Waals surface area contributed by atoms with E-state index in [1.807, 2.05) is 23.2 Å². The lowest BCUT2D eigenvalue weighted by Gasteiger charge is -2.33. The van der Waals surface area contributed by atoms with Crippen LogP contribution in [0.3, 0.4) is 0 Å². The average Bonchev–Trinajstić information content (AvgIpc) is 3.23. The Morgan fingerprint density at radius 2 is 2.09 bits per heavy atom. The minimum atomic E-state index is -0.609. The van der Waals surface area contributed by atoms with Gasteiger partial charge >= 0.3 is 0 Å². The van der Waals surface area contributed by atoms with Crippen molar-refractivity contribution in [1.29, 1.82) is 0 Å². The molecule has 0 unspecified atom stereocenters. The molecule has 2 aromatic heterocycles. The number of rotatable bonds is 1. The van der Waals surface area contributed by atoms with Crippen LogP contribution in [0.1, 0.15) is 30.0 Å². The smallest absolute Gasteiger partial charge is 0.162 e. The average molecular weight is 293 g/mol. The van der Waals surface area contributed by atoms with Crippen molar-refractivity contribution in [1.82, 2.24) is 24.3 Å². The number of aryl methyl sites for hydroxylation is 1. The molecule has 3 atom stereocenters. The highest BCUT2D eigenvalue weighted by Gasteiger charge is 2.41. The van der Waals surface area contributed by atoms with Crippen LogP contribution in [0, 0.1) is 5.92 Å². The Kier molecular flexibility index (Phi) is 2.35. The minimum Gasteiger partial charge on any atom is -0.385 e. The molecule has 0 amide bonds. The summed E-state index contributed by atoms with van der Waals surface area (Å²) < 4.78 is 4.13. The van der Waals surface area contributed by atoms with E-state index < -0.39 is 6.10 Å². The maximum absolute atomic E-state index is 10.8. The number of benzene rings is 1. The molecule has 2 aliphatic heterocycles. The zero-order chi connectivity index (χ0) is 14.7. The molecule has 3 aromatic rings. The summed E-state index contributed by atoms with van der Waals surface area (Å²) in [5, 5.41) is 18.8. The van der Waals surface area contributed by atoms with Gasteiger partial charge in [0.05, 0.1) is 24.3 Å². The maximum Gasteiger partial charge on any atom is 0.162 e. The van der Waals surface area contributed by atoms with Gasteiger partial charge in [-0.05, 0) is 12.0 Å². The van der Waals surface area contributed by atoms with Gasteiger partial charge < -0.3 is 14.2 Å². The molecule has 22 heavy (non-hydrogen) atoms. The van der Waals surface area contributed by atoms with E-state index in [4.69, 9.17) is 0 Å². The summed E-state index contributed by atoms with van der Waals surface area (Å²) in [5.41, 5.74) is 3.60. The van der Waals surface area contributed by atoms with Crippen LogP contribution in [0.4, 0.5) is 0 Å². The van der Waals surface area contributed by atoms with Crippen molar-refractivity contribution >= 4 is 0 Å². The molecule has 0 fully saturated rings. The molecule has 0 bridgehead atoms. The Bertz CT molecular complexity index is 852. The van der Waals surface area contributed by atoms with Gasteiger partial charge in [0.1, 0.15) is 12.4 Å². The molecule has 4 heterocycles. The standard InChI is InChI=1S/C16H15N5O/c22-15-12(5-6-20-9-18-19-16(15)20)14-11-4-2-1-3-10(11)13-7-17-8-21(13)14/h1-4,7-9,12,14-15,22H,5-6H2/t12-,14+,15-/m0/s1. The van der Waals surface area contributed by atoms with Gasteiger partial charge in [-0.25, -0.2) is 4.98 Å². The van der Waals surface area contributed by atoms with Crippen LogP contribution >= 0.6 is 0 Å². The molecule has 0 radical (unpaired) electrons. The Morgan fingerprint density at radius 1 is 1.18 bits per heavy atom. The number of aliphatic hydroxyl groups is 1. The van der Waals surface area contributed by atoms with Crippen LogP contribution in [0.2, 0.25) is 0 Å². The first-order valence-electron chi connectivity index (χ1n) is 7.51. The quantitative estimate of drug-likeness (QED) is 0.743. The van der Waals surface area contributed by atoms with Gasteiger partial charge in [-0.2, -0.15) is 0 Å². The molecular formula is C16H15N5O. The van der Waals surface area contributed by atoms with Gasteiger partial charge in [0.15, 0.2) is 5.82 Å². The number of nitrogens with zero attached hydrogens (tertiary/aromatic N) is 5. The molecule has 1 N–H and O–H groups in total. The third kappa shape index (κ3) is 1.45. The first-order chi connectivity index (χ1) is 10.8. The highest BCUT2D eigenvalue weighted by atomic mass is 16.3. The molecule has 1 aromatic carbocycles. The van der Waals surface area contributed by atoms with Crippen molar-refractivity contribution in [3.63, 3.8) is 0 Å². The van der Waals surface area contributed by atoms with Crippen LogP contribution < -0.4 is 0 Å². The van der Waals surface area contributed by atoms with Gasteiger partial charge in [0.2, 0.25) is 0 Å². The molecule has 6 heteroatoms. The molecule has 0 aliphatic carbocycles. The van der Waals surface area contributed by atoms with Crippen LogP contribution in [0.5, 0.6) is 0 Å². The molecular weight excluding hydrogens is 278 g/mol. The van der Waals surface area contributed by atoms with Gasteiger partial charge in [-0.1, -0.05) is 24.3 Å². The van der Waals surface area contributed by atoms with E-state index in [2.05, 4.69) is 37.9 Å². The maximum atomic E-state index is 10.8. The first-order valence-corrected chi connectivity index (χ1v) is 7.51. The molecule has 6 nitrogen and oxygen atoms in total. The summed E-state index contributed by atoms with van der Waals surface area (Å²) >= 11 is 0. The van der Waals surface area contributed by atoms with Gasteiger partial charge in [0, 0.05) is 18.0 Å². The largest absolute Gasteiger partial charge is 0.385 e. The first kappa shape index (κ1) is 12.1. The molecule has 0 saturated heterocycles. The summed E-state index contributed by atoms with van der Waals surface area (Å²) in [5.74, 6) is 0.746. The second-order valence-electron chi connectivity index (χ2n) is 6.00. The summed E-state index contributed by atoms with van der Waals surface area (Å²) in [6.07, 6.45) is 5.74. The van der Waals surface area contributed by atoms with E-state index in [0.29, 0.717) is 5.82 Å². The number of fused-ring (bicyclic) bond motifs is 4. The summed E-state index contributed by atoms with van der Waals surface area (Å²) in [6, 6.07) is 8.49. The van der Waals surface area contributed by atoms with E-state index in [1.54, 1.807) is 6.33 Å². The van der Waals surface area contributed by atoms with Gasteiger partial charge in [0.25, 0.3) is 0 Å². The van der Waals surface area contributed by atoms with Crippen molar-refractivity contribution in [3.8, 4) is 11.3 Å². The van der Waals surface area contributed by atoms with Crippen molar-refractivity contribution in [2.75, 3.05) is 0 Å². The normalized spacial score (nSPS) is 25.6. The van der Waals surface area contributed by atoms with Crippen LogP contribution in [-0.4, -0.2) is 29.4 Å². The van der Waals surface area contributed by atoms with E-state index in [9.17, 15) is 5.11 Å². The number of aromatic nitrogens is 5. The Labute approximate surface area is 127 Å². The van der Waals surface area contributed by atoms with E-state index >= 15 is 0 Å². The third-order valence-corrected chi connectivity index (χ3v) is 4.95. The lowest BCUT2D eigenvalue weighted by molar-refractivity contribution is 0.0512. The Morgan fingerprint density at radius 3 is 3.05 bits per heavy atom. The third-order valence-electron chi connectivity index (χ3n) is 4.95. The van der Waals surface area contributed by atoms with Crippen LogP contribution in [0.15, 0.2) is 43.1 Å². The number of aliphatic hydroxyl groups excluding tert-OH is 1. The van der Waals surface area contributed by atoms with Crippen molar-refractivity contribution < 1.29 is 5.11 Å². The Balaban J connectivity index is 1.65. The lowest BCUT2D eigenvalue weighted by atomic mass is 9.84. The lowest BCUT2D eigenvalue weighted by Crippen LogP contribution is -2.31. The fraction of sp³-hybridized carbons (Fsp3) is 0.312. The predicted octanol–water partition coefficient (Wildman–Crippen LogP) is 1.80. The zero-order valence-corrected chi connectivity index (χ0v) is 11.9. The second-order valence-corrected chi connectivity index (χ2v) is 6.00. The number of hydrogen-bond donors (Lipinski definition) is 1. The van der Waals surface area contributed by atoms with E-state index in [-0.39, 0.29) is 12.0 Å². The van der Waals surface area contributed by atoms with E-state index in [0.717, 1.165) is 18.7 Å². The molecule has 0 saturated carbocycles. The fourth-order valence-corrected chi connectivity index (χ4v) is 3.94. The van der Waals surface area contributed by atoms with Crippen molar-refractivity contribution in [3.05, 3.63) is 54.5 Å². The Hall–Kier alpha value is -2.47. The van der Waals surface area contributed by atoms with Crippen LogP contribution in [0.25, 0.3) is 11.3 Å². The SMILES string of the molecule is O[C@@H]1c2nncn2CC[C@H]1[C@H]1c2ccccc2-c2cncn21. The minimum absolute atomic E-state index is 0.0771. The summed E-state index contributed by atoms with van der Waals surface area (Å²) in [4.78, 5) is 4.30.